The summed E-state index contributed by atoms with van der Waals surface area (Å²) in [5.74, 6) is 0.0834. The summed E-state index contributed by atoms with van der Waals surface area (Å²) in [6.45, 7) is 5.03. The van der Waals surface area contributed by atoms with Crippen LogP contribution in [0.4, 0.5) is 0 Å². The van der Waals surface area contributed by atoms with Gasteiger partial charge in [0.1, 0.15) is 6.10 Å². The number of hydrogen-bond donors (Lipinski definition) is 0. The van der Waals surface area contributed by atoms with Gasteiger partial charge in [0, 0.05) is 43.4 Å². The van der Waals surface area contributed by atoms with E-state index >= 15 is 0 Å². The first-order valence-corrected chi connectivity index (χ1v) is 8.90. The number of amides is 2. The smallest absolute Gasteiger partial charge is 0.254 e. The van der Waals surface area contributed by atoms with Gasteiger partial charge in [0.25, 0.3) is 11.8 Å². The third-order valence-corrected chi connectivity index (χ3v) is 4.95. The molecule has 0 aliphatic carbocycles. The molecule has 3 rings (SSSR count). The Balaban J connectivity index is 1.64. The van der Waals surface area contributed by atoms with Crippen molar-refractivity contribution in [1.29, 1.82) is 0 Å². The molecular weight excluding hydrogens is 328 g/mol. The molecule has 0 saturated carbocycles. The molecule has 0 spiro atoms. The Morgan fingerprint density at radius 2 is 1.88 bits per heavy atom. The van der Waals surface area contributed by atoms with Gasteiger partial charge in [0.05, 0.1) is 0 Å². The SMILES string of the molecule is Cc1cc(Cl)ccc1C(=O)N1CCCN(C(=O)[C@H]2CCCO2)CC1. The monoisotopic (exact) mass is 350 g/mol. The molecule has 0 bridgehead atoms. The molecule has 0 unspecified atom stereocenters. The average molecular weight is 351 g/mol. The maximum absolute atomic E-state index is 12.8. The van der Waals surface area contributed by atoms with Crippen LogP contribution in [0.25, 0.3) is 0 Å². The van der Waals surface area contributed by atoms with Crippen molar-refractivity contribution in [3.8, 4) is 0 Å². The summed E-state index contributed by atoms with van der Waals surface area (Å²) in [7, 11) is 0. The maximum atomic E-state index is 12.8. The number of nitrogens with zero attached hydrogens (tertiary/aromatic N) is 2. The van der Waals surface area contributed by atoms with E-state index in [2.05, 4.69) is 0 Å². The summed E-state index contributed by atoms with van der Waals surface area (Å²) < 4.78 is 5.50. The standard InChI is InChI=1S/C18H23ClN2O3/c1-13-12-14(19)5-6-15(13)17(22)20-7-3-8-21(10-9-20)18(23)16-4-2-11-24-16/h5-6,12,16H,2-4,7-11H2,1H3/t16-/m1/s1. The van der Waals surface area contributed by atoms with Gasteiger partial charge in [-0.3, -0.25) is 9.59 Å². The molecule has 1 aromatic rings. The minimum absolute atomic E-state index is 0.00980. The topological polar surface area (TPSA) is 49.9 Å². The second kappa shape index (κ2) is 7.53. The van der Waals surface area contributed by atoms with Crippen LogP contribution >= 0.6 is 11.6 Å². The highest BCUT2D eigenvalue weighted by Crippen LogP contribution is 2.19. The Hall–Kier alpha value is -1.59. The Labute approximate surface area is 147 Å². The second-order valence-corrected chi connectivity index (χ2v) is 6.87. The lowest BCUT2D eigenvalue weighted by Crippen LogP contribution is -2.41. The Morgan fingerprint density at radius 3 is 2.58 bits per heavy atom. The van der Waals surface area contributed by atoms with E-state index in [1.165, 1.54) is 0 Å². The molecule has 0 aromatic heterocycles. The van der Waals surface area contributed by atoms with Crippen LogP contribution in [0, 0.1) is 6.92 Å². The van der Waals surface area contributed by atoms with Crippen molar-refractivity contribution in [1.82, 2.24) is 9.80 Å². The van der Waals surface area contributed by atoms with Crippen LogP contribution in [-0.2, 0) is 9.53 Å². The van der Waals surface area contributed by atoms with Crippen molar-refractivity contribution in [3.63, 3.8) is 0 Å². The molecule has 6 heteroatoms. The van der Waals surface area contributed by atoms with Gasteiger partial charge in [-0.05, 0) is 49.9 Å². The van der Waals surface area contributed by atoms with E-state index in [4.69, 9.17) is 16.3 Å². The molecule has 2 aliphatic heterocycles. The maximum Gasteiger partial charge on any atom is 0.254 e. The van der Waals surface area contributed by atoms with Crippen LogP contribution in [0.5, 0.6) is 0 Å². The van der Waals surface area contributed by atoms with E-state index in [0.29, 0.717) is 43.4 Å². The summed E-state index contributed by atoms with van der Waals surface area (Å²) in [6, 6.07) is 5.33. The van der Waals surface area contributed by atoms with Gasteiger partial charge in [0.2, 0.25) is 0 Å². The molecule has 0 N–H and O–H groups in total. The van der Waals surface area contributed by atoms with Crippen molar-refractivity contribution >= 4 is 23.4 Å². The van der Waals surface area contributed by atoms with Crippen molar-refractivity contribution in [2.45, 2.75) is 32.3 Å². The molecular formula is C18H23ClN2O3. The molecule has 5 nitrogen and oxygen atoms in total. The van der Waals surface area contributed by atoms with Crippen LogP contribution in [-0.4, -0.2) is 60.5 Å². The summed E-state index contributed by atoms with van der Waals surface area (Å²) in [6.07, 6.45) is 2.26. The summed E-state index contributed by atoms with van der Waals surface area (Å²) in [5.41, 5.74) is 1.56. The van der Waals surface area contributed by atoms with Crippen LogP contribution in [0.15, 0.2) is 18.2 Å². The van der Waals surface area contributed by atoms with Crippen LogP contribution < -0.4 is 0 Å². The minimum atomic E-state index is -0.286. The number of aryl methyl sites for hydroxylation is 1. The fraction of sp³-hybridized carbons (Fsp3) is 0.556. The Morgan fingerprint density at radius 1 is 1.12 bits per heavy atom. The Bertz CT molecular complexity index is 629. The van der Waals surface area contributed by atoms with Crippen molar-refractivity contribution in [2.24, 2.45) is 0 Å². The van der Waals surface area contributed by atoms with E-state index < -0.39 is 0 Å². The molecule has 2 aliphatic rings. The predicted octanol–water partition coefficient (Wildman–Crippen LogP) is 2.50. The molecule has 2 fully saturated rings. The average Bonchev–Trinajstić information content (AvgIpc) is 2.98. The summed E-state index contributed by atoms with van der Waals surface area (Å²) in [4.78, 5) is 28.9. The van der Waals surface area contributed by atoms with Gasteiger partial charge in [-0.2, -0.15) is 0 Å². The van der Waals surface area contributed by atoms with Gasteiger partial charge in [-0.25, -0.2) is 0 Å². The first-order valence-electron chi connectivity index (χ1n) is 8.52. The first kappa shape index (κ1) is 17.2. The second-order valence-electron chi connectivity index (χ2n) is 6.43. The van der Waals surface area contributed by atoms with Gasteiger partial charge in [-0.1, -0.05) is 11.6 Å². The van der Waals surface area contributed by atoms with Crippen molar-refractivity contribution < 1.29 is 14.3 Å². The summed E-state index contributed by atoms with van der Waals surface area (Å²) >= 11 is 5.97. The lowest BCUT2D eigenvalue weighted by atomic mass is 10.1. The predicted molar refractivity (Wildman–Crippen MR) is 92.3 cm³/mol. The van der Waals surface area contributed by atoms with Crippen LogP contribution in [0.2, 0.25) is 5.02 Å². The van der Waals surface area contributed by atoms with Gasteiger partial charge in [-0.15, -0.1) is 0 Å². The number of rotatable bonds is 2. The molecule has 1 aromatic carbocycles. The number of carbonyl (C=O) groups excluding carboxylic acids is 2. The third-order valence-electron chi connectivity index (χ3n) is 4.72. The number of halogens is 1. The highest BCUT2D eigenvalue weighted by Gasteiger charge is 2.30. The highest BCUT2D eigenvalue weighted by atomic mass is 35.5. The molecule has 24 heavy (non-hydrogen) atoms. The zero-order valence-electron chi connectivity index (χ0n) is 14.0. The fourth-order valence-corrected chi connectivity index (χ4v) is 3.58. The third kappa shape index (κ3) is 3.73. The number of ether oxygens (including phenoxy) is 1. The zero-order valence-corrected chi connectivity index (χ0v) is 14.7. The van der Waals surface area contributed by atoms with E-state index in [-0.39, 0.29) is 17.9 Å². The largest absolute Gasteiger partial charge is 0.368 e. The molecule has 2 heterocycles. The number of benzene rings is 1. The molecule has 1 atom stereocenters. The van der Waals surface area contributed by atoms with E-state index in [1.54, 1.807) is 18.2 Å². The highest BCUT2D eigenvalue weighted by molar-refractivity contribution is 6.30. The van der Waals surface area contributed by atoms with Gasteiger partial charge in [0.15, 0.2) is 0 Å². The normalized spacial score (nSPS) is 21.7. The fourth-order valence-electron chi connectivity index (χ4n) is 3.35. The van der Waals surface area contributed by atoms with E-state index in [9.17, 15) is 9.59 Å². The molecule has 0 radical (unpaired) electrons. The van der Waals surface area contributed by atoms with Gasteiger partial charge < -0.3 is 14.5 Å². The molecule has 130 valence electrons. The van der Waals surface area contributed by atoms with Gasteiger partial charge >= 0.3 is 0 Å². The summed E-state index contributed by atoms with van der Waals surface area (Å²) in [5, 5.41) is 0.633. The number of carbonyl (C=O) groups is 2. The van der Waals surface area contributed by atoms with Crippen LogP contribution in [0.3, 0.4) is 0 Å². The zero-order chi connectivity index (χ0) is 17.1. The molecule has 2 amide bonds. The first-order chi connectivity index (χ1) is 11.6. The minimum Gasteiger partial charge on any atom is -0.368 e. The lowest BCUT2D eigenvalue weighted by Gasteiger charge is -2.24. The quantitative estimate of drug-likeness (QED) is 0.823. The molecule has 2 saturated heterocycles. The van der Waals surface area contributed by atoms with E-state index in [1.807, 2.05) is 16.7 Å². The van der Waals surface area contributed by atoms with Crippen molar-refractivity contribution in [2.75, 3.05) is 32.8 Å². The van der Waals surface area contributed by atoms with Crippen molar-refractivity contribution in [3.05, 3.63) is 34.3 Å². The Kier molecular flexibility index (Phi) is 5.41. The van der Waals surface area contributed by atoms with Crippen LogP contribution in [0.1, 0.15) is 35.2 Å². The van der Waals surface area contributed by atoms with E-state index in [0.717, 1.165) is 24.8 Å². The lowest BCUT2D eigenvalue weighted by molar-refractivity contribution is -0.140. The number of hydrogen-bond acceptors (Lipinski definition) is 3.